The number of benzene rings is 1. The number of rotatable bonds is 5. The lowest BCUT2D eigenvalue weighted by Crippen LogP contribution is -2.41. The smallest absolute Gasteiger partial charge is 0.254 e. The van der Waals surface area contributed by atoms with Gasteiger partial charge in [0, 0.05) is 42.9 Å². The third-order valence-electron chi connectivity index (χ3n) is 7.06. The van der Waals surface area contributed by atoms with Gasteiger partial charge in [-0.25, -0.2) is 0 Å². The lowest BCUT2D eigenvalue weighted by molar-refractivity contribution is 0.0302. The highest BCUT2D eigenvalue weighted by Crippen LogP contribution is 2.39. The van der Waals surface area contributed by atoms with Gasteiger partial charge in [0.05, 0.1) is 35.9 Å². The molecule has 6 rings (SSSR count). The van der Waals surface area contributed by atoms with Gasteiger partial charge in [0.15, 0.2) is 0 Å². The van der Waals surface area contributed by atoms with Crippen LogP contribution in [0.1, 0.15) is 48.0 Å². The fourth-order valence-electron chi connectivity index (χ4n) is 5.25. The van der Waals surface area contributed by atoms with Crippen LogP contribution in [0, 0.1) is 0 Å². The zero-order chi connectivity index (χ0) is 23.8. The molecule has 0 radical (unpaired) electrons. The van der Waals surface area contributed by atoms with Crippen molar-refractivity contribution >= 4 is 46.0 Å². The molecular weight excluding hydrogens is 468 g/mol. The number of nitrogens with one attached hydrogen (secondary N) is 3. The Balaban J connectivity index is 1.31. The molecule has 3 aromatic rings. The van der Waals surface area contributed by atoms with E-state index in [1.807, 2.05) is 17.0 Å². The van der Waals surface area contributed by atoms with E-state index in [-0.39, 0.29) is 5.91 Å². The number of halogens is 1. The molecule has 1 aliphatic carbocycles. The molecule has 3 aliphatic rings. The molecule has 0 bridgehead atoms. The Morgan fingerprint density at radius 1 is 1.11 bits per heavy atom. The van der Waals surface area contributed by atoms with Crippen molar-refractivity contribution in [2.75, 3.05) is 43.5 Å². The van der Waals surface area contributed by atoms with E-state index < -0.39 is 0 Å². The Kier molecular flexibility index (Phi) is 6.12. The van der Waals surface area contributed by atoms with Gasteiger partial charge in [0.2, 0.25) is 5.95 Å². The number of hydrogen-bond donors (Lipinski definition) is 3. The van der Waals surface area contributed by atoms with E-state index in [2.05, 4.69) is 20.6 Å². The summed E-state index contributed by atoms with van der Waals surface area (Å²) in [5.74, 6) is 1.89. The van der Waals surface area contributed by atoms with Crippen molar-refractivity contribution in [3.63, 3.8) is 0 Å². The Bertz CT molecular complexity index is 1250. The molecule has 1 saturated carbocycles. The van der Waals surface area contributed by atoms with Crippen LogP contribution < -0.4 is 15.4 Å². The van der Waals surface area contributed by atoms with E-state index in [9.17, 15) is 4.79 Å². The number of aromatic nitrogens is 3. The quantitative estimate of drug-likeness (QED) is 0.477. The summed E-state index contributed by atoms with van der Waals surface area (Å²) < 4.78 is 11.4. The summed E-state index contributed by atoms with van der Waals surface area (Å²) in [4.78, 5) is 27.6. The first kappa shape index (κ1) is 22.4. The zero-order valence-corrected chi connectivity index (χ0v) is 20.3. The number of anilines is 3. The molecule has 1 saturated heterocycles. The summed E-state index contributed by atoms with van der Waals surface area (Å²) in [5, 5.41) is 8.34. The molecule has 10 heteroatoms. The van der Waals surface area contributed by atoms with Crippen LogP contribution in [-0.2, 0) is 11.2 Å². The van der Waals surface area contributed by atoms with E-state index in [0.29, 0.717) is 73.3 Å². The number of carbonyl (C=O) groups excluding carboxylic acids is 1. The third kappa shape index (κ3) is 4.38. The molecule has 1 aromatic carbocycles. The van der Waals surface area contributed by atoms with Crippen LogP contribution in [0.25, 0.3) is 11.0 Å². The van der Waals surface area contributed by atoms with Crippen LogP contribution in [0.4, 0.5) is 17.5 Å². The van der Waals surface area contributed by atoms with E-state index in [1.54, 1.807) is 6.20 Å². The van der Waals surface area contributed by atoms with Crippen LogP contribution in [0.5, 0.6) is 5.75 Å². The molecule has 1 amide bonds. The van der Waals surface area contributed by atoms with Gasteiger partial charge in [-0.2, -0.15) is 9.97 Å². The van der Waals surface area contributed by atoms with Crippen molar-refractivity contribution in [1.29, 1.82) is 0 Å². The van der Waals surface area contributed by atoms with E-state index in [0.717, 1.165) is 35.3 Å². The van der Waals surface area contributed by atoms with Crippen molar-refractivity contribution in [1.82, 2.24) is 19.9 Å². The van der Waals surface area contributed by atoms with Crippen LogP contribution in [-0.4, -0.2) is 64.7 Å². The van der Waals surface area contributed by atoms with Crippen LogP contribution in [0.3, 0.4) is 0 Å². The van der Waals surface area contributed by atoms with Gasteiger partial charge in [-0.1, -0.05) is 30.9 Å². The number of aromatic amines is 1. The van der Waals surface area contributed by atoms with Gasteiger partial charge >= 0.3 is 0 Å². The maximum absolute atomic E-state index is 13.2. The minimum Gasteiger partial charge on any atom is -0.491 e. The van der Waals surface area contributed by atoms with Gasteiger partial charge in [0.1, 0.15) is 17.2 Å². The molecule has 0 spiro atoms. The molecule has 4 heterocycles. The number of nitrogens with zero attached hydrogens (tertiary/aromatic N) is 3. The van der Waals surface area contributed by atoms with E-state index in [4.69, 9.17) is 26.1 Å². The summed E-state index contributed by atoms with van der Waals surface area (Å²) in [5.41, 5.74) is 3.03. The van der Waals surface area contributed by atoms with Crippen LogP contribution in [0.15, 0.2) is 18.3 Å². The standard InChI is InChI=1S/C25H29ClN6O3/c26-18-14-27-22-20(18)23(28-15-4-2-1-3-5-15)31-25(30-22)29-19-7-6-17(16-8-11-35-21(16)19)24(33)32-9-12-34-13-10-32/h6-7,14-15H,1-5,8-13H2,(H3,27,28,29,30,31). The van der Waals surface area contributed by atoms with E-state index >= 15 is 0 Å². The molecule has 2 fully saturated rings. The summed E-state index contributed by atoms with van der Waals surface area (Å²) in [6.07, 6.45) is 8.39. The predicted octanol–water partition coefficient (Wildman–Crippen LogP) is 4.51. The first-order chi connectivity index (χ1) is 17.2. The van der Waals surface area contributed by atoms with Crippen molar-refractivity contribution < 1.29 is 14.3 Å². The van der Waals surface area contributed by atoms with Crippen molar-refractivity contribution in [3.05, 3.63) is 34.5 Å². The summed E-state index contributed by atoms with van der Waals surface area (Å²) in [6, 6.07) is 4.12. The maximum Gasteiger partial charge on any atom is 0.254 e. The minimum atomic E-state index is 0.0271. The monoisotopic (exact) mass is 496 g/mol. The molecule has 0 unspecified atom stereocenters. The molecule has 2 aliphatic heterocycles. The van der Waals surface area contributed by atoms with Crippen molar-refractivity contribution in [3.8, 4) is 5.75 Å². The average molecular weight is 497 g/mol. The zero-order valence-electron chi connectivity index (χ0n) is 19.5. The van der Waals surface area contributed by atoms with Gasteiger partial charge in [-0.3, -0.25) is 4.79 Å². The lowest BCUT2D eigenvalue weighted by Gasteiger charge is -2.27. The number of ether oxygens (including phenoxy) is 2. The second-order valence-corrected chi connectivity index (χ2v) is 9.74. The first-order valence-electron chi connectivity index (χ1n) is 12.4. The second-order valence-electron chi connectivity index (χ2n) is 9.33. The fraction of sp³-hybridized carbons (Fsp3) is 0.480. The Morgan fingerprint density at radius 3 is 2.77 bits per heavy atom. The van der Waals surface area contributed by atoms with Gasteiger partial charge in [-0.15, -0.1) is 0 Å². The molecule has 0 atom stereocenters. The number of carbonyl (C=O) groups is 1. The summed E-state index contributed by atoms with van der Waals surface area (Å²) >= 11 is 6.46. The number of morpholine rings is 1. The number of hydrogen-bond acceptors (Lipinski definition) is 7. The predicted molar refractivity (Wildman–Crippen MR) is 135 cm³/mol. The molecular formula is C25H29ClN6O3. The average Bonchev–Trinajstić information content (AvgIpc) is 3.53. The van der Waals surface area contributed by atoms with Crippen LogP contribution >= 0.6 is 11.6 Å². The third-order valence-corrected chi connectivity index (χ3v) is 7.36. The largest absolute Gasteiger partial charge is 0.491 e. The highest BCUT2D eigenvalue weighted by Gasteiger charge is 2.28. The molecule has 3 N–H and O–H groups in total. The topological polar surface area (TPSA) is 104 Å². The molecule has 2 aromatic heterocycles. The number of H-pyrrole nitrogens is 1. The van der Waals surface area contributed by atoms with Crippen molar-refractivity contribution in [2.45, 2.75) is 44.6 Å². The highest BCUT2D eigenvalue weighted by molar-refractivity contribution is 6.36. The summed E-state index contributed by atoms with van der Waals surface area (Å²) in [7, 11) is 0. The fourth-order valence-corrected chi connectivity index (χ4v) is 5.48. The number of fused-ring (bicyclic) bond motifs is 2. The van der Waals surface area contributed by atoms with Crippen LogP contribution in [0.2, 0.25) is 5.02 Å². The first-order valence-corrected chi connectivity index (χ1v) is 12.8. The van der Waals surface area contributed by atoms with Gasteiger partial charge in [0.25, 0.3) is 5.91 Å². The maximum atomic E-state index is 13.2. The Labute approximate surface area is 208 Å². The molecule has 184 valence electrons. The molecule has 35 heavy (non-hydrogen) atoms. The van der Waals surface area contributed by atoms with Crippen molar-refractivity contribution in [2.24, 2.45) is 0 Å². The minimum absolute atomic E-state index is 0.0271. The number of amides is 1. The van der Waals surface area contributed by atoms with E-state index in [1.165, 1.54) is 19.3 Å². The van der Waals surface area contributed by atoms with Gasteiger partial charge < -0.3 is 30.0 Å². The Hall–Kier alpha value is -3.04. The SMILES string of the molecule is O=C(c1ccc(Nc2nc(NC3CCCCC3)c3c(Cl)c[nH]c3n2)c2c1CCO2)N1CCOCC1. The lowest BCUT2D eigenvalue weighted by atomic mass is 9.95. The van der Waals surface area contributed by atoms with Gasteiger partial charge in [-0.05, 0) is 25.0 Å². The summed E-state index contributed by atoms with van der Waals surface area (Å²) in [6.45, 7) is 2.90. The normalized spacial score (nSPS) is 18.4. The Morgan fingerprint density at radius 2 is 1.94 bits per heavy atom. The highest BCUT2D eigenvalue weighted by atomic mass is 35.5. The second kappa shape index (κ2) is 9.54. The molecule has 9 nitrogen and oxygen atoms in total.